The lowest BCUT2D eigenvalue weighted by molar-refractivity contribution is -0.156. The Labute approximate surface area is 217 Å². The Morgan fingerprint density at radius 2 is 1.97 bits per heavy atom. The van der Waals surface area contributed by atoms with Crippen LogP contribution in [-0.2, 0) is 16.0 Å². The topological polar surface area (TPSA) is 109 Å². The van der Waals surface area contributed by atoms with E-state index in [2.05, 4.69) is 10.3 Å². The number of hydrogen-bond donors (Lipinski definition) is 2. The minimum atomic E-state index is -0.931. The number of nitrogens with one attached hydrogen (secondary N) is 1. The quantitative estimate of drug-likeness (QED) is 0.535. The third-order valence-electron chi connectivity index (χ3n) is 7.48. The molecule has 3 N–H and O–H groups in total. The molecule has 4 rings (SSSR count). The number of nitrogen functional groups attached to an aromatic ring is 1. The summed E-state index contributed by atoms with van der Waals surface area (Å²) >= 11 is 6.14. The molecule has 0 bridgehead atoms. The van der Waals surface area contributed by atoms with Crippen molar-refractivity contribution < 1.29 is 14.4 Å². The summed E-state index contributed by atoms with van der Waals surface area (Å²) in [5.74, 6) is -0.653. The lowest BCUT2D eigenvalue weighted by Gasteiger charge is -2.46. The van der Waals surface area contributed by atoms with Crippen LogP contribution in [0.5, 0.6) is 0 Å². The molecular formula is C27H34ClN5O3. The molecule has 36 heavy (non-hydrogen) atoms. The van der Waals surface area contributed by atoms with Gasteiger partial charge in [-0.2, -0.15) is 0 Å². The molecule has 2 aromatic rings. The van der Waals surface area contributed by atoms with Crippen molar-refractivity contribution >= 4 is 41.0 Å². The number of nitrogens with zero attached hydrogens (tertiary/aromatic N) is 3. The first-order valence-corrected chi connectivity index (χ1v) is 13.0. The molecule has 1 aromatic heterocycles. The van der Waals surface area contributed by atoms with Crippen molar-refractivity contribution in [1.82, 2.24) is 15.2 Å². The molecule has 1 aliphatic carbocycles. The number of likely N-dealkylation sites (tertiary alicyclic amines) is 1. The van der Waals surface area contributed by atoms with Crippen molar-refractivity contribution in [2.45, 2.75) is 64.0 Å². The van der Waals surface area contributed by atoms with Gasteiger partial charge < -0.3 is 16.0 Å². The number of carbonyl (C=O) groups is 3. The molecule has 8 nitrogen and oxygen atoms in total. The van der Waals surface area contributed by atoms with E-state index in [1.807, 2.05) is 6.92 Å². The van der Waals surface area contributed by atoms with Crippen LogP contribution in [0.25, 0.3) is 0 Å². The SMILES string of the molecule is CC[C@@H](NC(=O)N1C(=O)[C@H](Cc2ccnc(N)c2)[C@H]1C(=O)N(C)c1cccc(Cl)c1)C1CCCCC1. The summed E-state index contributed by atoms with van der Waals surface area (Å²) in [7, 11) is 1.63. The van der Waals surface area contributed by atoms with E-state index in [1.54, 1.807) is 49.6 Å². The van der Waals surface area contributed by atoms with E-state index in [0.29, 0.717) is 22.4 Å². The minimum absolute atomic E-state index is 0.0222. The second kappa shape index (κ2) is 11.3. The van der Waals surface area contributed by atoms with Gasteiger partial charge in [0.15, 0.2) is 0 Å². The Morgan fingerprint density at radius 3 is 2.64 bits per heavy atom. The minimum Gasteiger partial charge on any atom is -0.384 e. The van der Waals surface area contributed by atoms with Crippen LogP contribution in [0, 0.1) is 11.8 Å². The highest BCUT2D eigenvalue weighted by molar-refractivity contribution is 6.31. The van der Waals surface area contributed by atoms with Gasteiger partial charge in [0.05, 0.1) is 5.92 Å². The standard InChI is InChI=1S/C27H34ClN5O3/c1-3-22(18-8-5-4-6-9-18)31-27(36)33-24(26(35)32(2)20-11-7-10-19(28)16-20)21(25(33)34)14-17-12-13-30-23(29)15-17/h7,10-13,15-16,18,21-22,24H,3-6,8-9,14H2,1-2H3,(H2,29,30)(H,31,36)/t21-,22-,24+/m1/s1. The number of nitrogens with two attached hydrogens (primary N) is 1. The normalized spacial score (nSPS) is 21.0. The Hall–Kier alpha value is -3.13. The molecule has 1 saturated heterocycles. The summed E-state index contributed by atoms with van der Waals surface area (Å²) in [6, 6.07) is 8.93. The molecule has 2 aliphatic rings. The van der Waals surface area contributed by atoms with Gasteiger partial charge in [-0.1, -0.05) is 43.9 Å². The maximum absolute atomic E-state index is 13.7. The van der Waals surface area contributed by atoms with Crippen LogP contribution >= 0.6 is 11.6 Å². The van der Waals surface area contributed by atoms with Gasteiger partial charge in [-0.3, -0.25) is 14.5 Å². The monoisotopic (exact) mass is 511 g/mol. The van der Waals surface area contributed by atoms with Crippen LogP contribution in [0.2, 0.25) is 5.02 Å². The largest absolute Gasteiger partial charge is 0.384 e. The number of urea groups is 1. The van der Waals surface area contributed by atoms with Gasteiger partial charge in [-0.15, -0.1) is 0 Å². The number of anilines is 2. The number of benzene rings is 1. The highest BCUT2D eigenvalue weighted by Crippen LogP contribution is 2.34. The van der Waals surface area contributed by atoms with E-state index in [9.17, 15) is 14.4 Å². The molecule has 0 unspecified atom stereocenters. The molecule has 1 aromatic carbocycles. The van der Waals surface area contributed by atoms with Crippen molar-refractivity contribution in [2.24, 2.45) is 11.8 Å². The van der Waals surface area contributed by atoms with E-state index in [0.717, 1.165) is 42.6 Å². The number of imide groups is 1. The Kier molecular flexibility index (Phi) is 8.14. The van der Waals surface area contributed by atoms with Crippen LogP contribution < -0.4 is 16.0 Å². The van der Waals surface area contributed by atoms with Gasteiger partial charge in [0.25, 0.3) is 5.91 Å². The molecule has 192 valence electrons. The number of rotatable bonds is 7. The molecule has 9 heteroatoms. The van der Waals surface area contributed by atoms with Crippen LogP contribution in [0.1, 0.15) is 51.0 Å². The molecule has 1 aliphatic heterocycles. The van der Waals surface area contributed by atoms with Gasteiger partial charge in [-0.05, 0) is 67.5 Å². The first kappa shape index (κ1) is 25.9. The predicted molar refractivity (Wildman–Crippen MR) is 141 cm³/mol. The summed E-state index contributed by atoms with van der Waals surface area (Å²) in [4.78, 5) is 46.9. The molecule has 0 radical (unpaired) electrons. The number of pyridine rings is 1. The summed E-state index contributed by atoms with van der Waals surface area (Å²) in [6.45, 7) is 2.05. The number of aromatic nitrogens is 1. The highest BCUT2D eigenvalue weighted by atomic mass is 35.5. The van der Waals surface area contributed by atoms with Crippen LogP contribution in [0.3, 0.4) is 0 Å². The van der Waals surface area contributed by atoms with Crippen molar-refractivity contribution in [2.75, 3.05) is 17.7 Å². The number of amides is 4. The van der Waals surface area contributed by atoms with Gasteiger partial charge in [0.1, 0.15) is 11.9 Å². The molecule has 2 fully saturated rings. The molecule has 3 atom stereocenters. The van der Waals surface area contributed by atoms with Crippen LogP contribution in [0.15, 0.2) is 42.6 Å². The summed E-state index contributed by atoms with van der Waals surface area (Å²) in [5.41, 5.74) is 7.20. The highest BCUT2D eigenvalue weighted by Gasteiger charge is 2.55. The average Bonchev–Trinajstić information content (AvgIpc) is 2.88. The number of β-lactam (4-membered cyclic amide) rings is 1. The fourth-order valence-corrected chi connectivity index (χ4v) is 5.64. The van der Waals surface area contributed by atoms with Crippen molar-refractivity contribution in [3.63, 3.8) is 0 Å². The Balaban J connectivity index is 1.57. The maximum Gasteiger partial charge on any atom is 0.325 e. The lowest BCUT2D eigenvalue weighted by atomic mass is 9.81. The third kappa shape index (κ3) is 5.48. The zero-order valence-corrected chi connectivity index (χ0v) is 21.6. The fourth-order valence-electron chi connectivity index (χ4n) is 5.46. The number of halogens is 1. The van der Waals surface area contributed by atoms with Gasteiger partial charge in [0, 0.05) is 30.0 Å². The maximum atomic E-state index is 13.7. The van der Waals surface area contributed by atoms with Gasteiger partial charge in [0.2, 0.25) is 5.91 Å². The molecular weight excluding hydrogens is 478 g/mol. The van der Waals surface area contributed by atoms with Crippen LogP contribution in [0.4, 0.5) is 16.3 Å². The number of carbonyl (C=O) groups excluding carboxylic acids is 3. The Bertz CT molecular complexity index is 1120. The van der Waals surface area contributed by atoms with E-state index < -0.39 is 18.0 Å². The van der Waals surface area contributed by atoms with Crippen molar-refractivity contribution in [3.8, 4) is 0 Å². The van der Waals surface area contributed by atoms with Gasteiger partial charge in [-0.25, -0.2) is 9.78 Å². The summed E-state index contributed by atoms with van der Waals surface area (Å²) in [5, 5.41) is 3.57. The zero-order chi connectivity index (χ0) is 25.8. The average molecular weight is 512 g/mol. The molecule has 1 saturated carbocycles. The van der Waals surface area contributed by atoms with Gasteiger partial charge >= 0.3 is 6.03 Å². The smallest absolute Gasteiger partial charge is 0.325 e. The zero-order valence-electron chi connectivity index (χ0n) is 20.8. The molecule has 4 amide bonds. The number of likely N-dealkylation sites (N-methyl/N-ethyl adjacent to an activating group) is 1. The predicted octanol–water partition coefficient (Wildman–Crippen LogP) is 4.42. The first-order valence-electron chi connectivity index (χ1n) is 12.7. The lowest BCUT2D eigenvalue weighted by Crippen LogP contribution is -2.71. The second-order valence-electron chi connectivity index (χ2n) is 9.79. The molecule has 0 spiro atoms. The van der Waals surface area contributed by atoms with E-state index in [1.165, 1.54) is 11.3 Å². The third-order valence-corrected chi connectivity index (χ3v) is 7.72. The molecule has 2 heterocycles. The van der Waals surface area contributed by atoms with E-state index in [4.69, 9.17) is 17.3 Å². The number of hydrogen-bond acceptors (Lipinski definition) is 5. The summed E-state index contributed by atoms with van der Waals surface area (Å²) < 4.78 is 0. The summed E-state index contributed by atoms with van der Waals surface area (Å²) in [6.07, 6.45) is 8.30. The van der Waals surface area contributed by atoms with Crippen molar-refractivity contribution in [1.29, 1.82) is 0 Å². The van der Waals surface area contributed by atoms with Crippen molar-refractivity contribution in [3.05, 3.63) is 53.2 Å². The van der Waals surface area contributed by atoms with E-state index >= 15 is 0 Å². The first-order chi connectivity index (χ1) is 17.3. The Morgan fingerprint density at radius 1 is 1.22 bits per heavy atom. The van der Waals surface area contributed by atoms with Crippen LogP contribution in [-0.4, -0.2) is 46.9 Å². The fraction of sp³-hybridized carbons (Fsp3) is 0.481. The van der Waals surface area contributed by atoms with E-state index in [-0.39, 0.29) is 24.3 Å². The second-order valence-corrected chi connectivity index (χ2v) is 10.2.